The number of carbonyl (C=O) groups is 1. The predicted octanol–water partition coefficient (Wildman–Crippen LogP) is -0.0159. The zero-order valence-electron chi connectivity index (χ0n) is 10.1. The van der Waals surface area contributed by atoms with Crippen molar-refractivity contribution < 1.29 is 24.0 Å². The molecule has 0 saturated carbocycles. The molecule has 0 aromatic carbocycles. The Hall–Kier alpha value is -1.47. The lowest BCUT2D eigenvalue weighted by molar-refractivity contribution is 0.0523. The number of ether oxygens (including phenoxy) is 1. The van der Waals surface area contributed by atoms with Gasteiger partial charge in [0.25, 0.3) is 0 Å². The van der Waals surface area contributed by atoms with E-state index >= 15 is 0 Å². The van der Waals surface area contributed by atoms with Crippen LogP contribution in [0.1, 0.15) is 26.3 Å². The van der Waals surface area contributed by atoms with Gasteiger partial charge in [-0.1, -0.05) is 0 Å². The molecule has 0 unspecified atom stereocenters. The summed E-state index contributed by atoms with van der Waals surface area (Å²) < 4.78 is 9.90. The first-order chi connectivity index (χ1) is 7.79. The molecule has 0 fully saturated rings. The van der Waals surface area contributed by atoms with Gasteiger partial charge in [0.15, 0.2) is 0 Å². The van der Waals surface area contributed by atoms with Crippen LogP contribution in [0.15, 0.2) is 16.7 Å². The number of amides is 1. The van der Waals surface area contributed by atoms with Crippen molar-refractivity contribution in [2.24, 2.45) is 0 Å². The lowest BCUT2D eigenvalue weighted by atomic mass is 9.84. The van der Waals surface area contributed by atoms with Gasteiger partial charge in [0, 0.05) is 12.1 Å². The number of hydrogen-bond acceptors (Lipinski definition) is 5. The smallest absolute Gasteiger partial charge is 0.473 e. The van der Waals surface area contributed by atoms with Crippen LogP contribution in [0, 0.1) is 0 Å². The first-order valence-electron chi connectivity index (χ1n) is 5.19. The van der Waals surface area contributed by atoms with Gasteiger partial charge in [0.2, 0.25) is 0 Å². The molecule has 1 aromatic rings. The first-order valence-corrected chi connectivity index (χ1v) is 5.19. The van der Waals surface area contributed by atoms with Crippen LogP contribution in [0.25, 0.3) is 0 Å². The fourth-order valence-electron chi connectivity index (χ4n) is 1.20. The Bertz CT molecular complexity index is 382. The molecular formula is C10H16BNO5. The summed E-state index contributed by atoms with van der Waals surface area (Å²) in [6, 6.07) is 1.55. The molecule has 0 bridgehead atoms. The Morgan fingerprint density at radius 1 is 1.53 bits per heavy atom. The van der Waals surface area contributed by atoms with Gasteiger partial charge in [-0.05, 0) is 26.8 Å². The quantitative estimate of drug-likeness (QED) is 0.647. The Labute approximate surface area is 99.7 Å². The van der Waals surface area contributed by atoms with Crippen molar-refractivity contribution in [1.82, 2.24) is 5.32 Å². The molecule has 7 heteroatoms. The van der Waals surface area contributed by atoms with Gasteiger partial charge < -0.3 is 24.5 Å². The van der Waals surface area contributed by atoms with Crippen molar-refractivity contribution in [3.63, 3.8) is 0 Å². The third-order valence-electron chi connectivity index (χ3n) is 1.84. The minimum Gasteiger partial charge on any atom is -0.473 e. The van der Waals surface area contributed by atoms with Gasteiger partial charge >= 0.3 is 13.2 Å². The van der Waals surface area contributed by atoms with Crippen LogP contribution in [0.2, 0.25) is 0 Å². The largest absolute Gasteiger partial charge is 0.526 e. The second-order valence-electron chi connectivity index (χ2n) is 4.54. The lowest BCUT2D eigenvalue weighted by Gasteiger charge is -2.19. The Kier molecular flexibility index (Phi) is 4.19. The van der Waals surface area contributed by atoms with Crippen molar-refractivity contribution >= 4 is 18.9 Å². The number of rotatable bonds is 3. The van der Waals surface area contributed by atoms with E-state index in [0.29, 0.717) is 5.56 Å². The van der Waals surface area contributed by atoms with E-state index < -0.39 is 18.8 Å². The Balaban J connectivity index is 2.50. The number of hydrogen-bond donors (Lipinski definition) is 3. The monoisotopic (exact) mass is 241 g/mol. The van der Waals surface area contributed by atoms with Crippen LogP contribution in [0.4, 0.5) is 4.79 Å². The standard InChI is InChI=1S/C10H16BNO5/c1-10(2,3)17-9(13)12-6-7-4-5-16-8(7)11(14)15/h4-5,14-15H,6H2,1-3H3,(H,12,13). The average Bonchev–Trinajstić information content (AvgIpc) is 2.59. The molecule has 1 amide bonds. The molecular weight excluding hydrogens is 225 g/mol. The van der Waals surface area contributed by atoms with Crippen LogP contribution < -0.4 is 11.0 Å². The number of furan rings is 1. The molecule has 17 heavy (non-hydrogen) atoms. The zero-order chi connectivity index (χ0) is 13.1. The highest BCUT2D eigenvalue weighted by atomic mass is 16.6. The minimum absolute atomic E-state index is 0.0149. The Morgan fingerprint density at radius 2 is 2.18 bits per heavy atom. The summed E-state index contributed by atoms with van der Waals surface area (Å²) in [7, 11) is -1.69. The van der Waals surface area contributed by atoms with Gasteiger partial charge in [-0.25, -0.2) is 4.79 Å². The molecule has 0 atom stereocenters. The lowest BCUT2D eigenvalue weighted by Crippen LogP contribution is -2.36. The van der Waals surface area contributed by atoms with Gasteiger partial charge in [-0.2, -0.15) is 0 Å². The van der Waals surface area contributed by atoms with Crippen LogP contribution in [-0.2, 0) is 11.3 Å². The van der Waals surface area contributed by atoms with E-state index in [1.807, 2.05) is 0 Å². The molecule has 1 aromatic heterocycles. The second kappa shape index (κ2) is 5.24. The summed E-state index contributed by atoms with van der Waals surface area (Å²) in [4.78, 5) is 11.3. The van der Waals surface area contributed by atoms with Crippen LogP contribution in [-0.4, -0.2) is 28.9 Å². The fraction of sp³-hybridized carbons (Fsp3) is 0.500. The van der Waals surface area contributed by atoms with E-state index in [4.69, 9.17) is 19.2 Å². The van der Waals surface area contributed by atoms with Crippen molar-refractivity contribution in [3.8, 4) is 0 Å². The number of carbonyl (C=O) groups excluding carboxylic acids is 1. The molecule has 0 aliphatic rings. The van der Waals surface area contributed by atoms with E-state index in [2.05, 4.69) is 5.32 Å². The molecule has 0 saturated heterocycles. The van der Waals surface area contributed by atoms with E-state index in [0.717, 1.165) is 0 Å². The van der Waals surface area contributed by atoms with Gasteiger partial charge in [0.1, 0.15) is 11.3 Å². The summed E-state index contributed by atoms with van der Waals surface area (Å²) in [6.45, 7) is 5.38. The maximum absolute atomic E-state index is 11.3. The third-order valence-corrected chi connectivity index (χ3v) is 1.84. The summed E-state index contributed by atoms with van der Waals surface area (Å²) in [5.74, 6) is 0. The first kappa shape index (κ1) is 13.6. The molecule has 94 valence electrons. The van der Waals surface area contributed by atoms with Crippen LogP contribution in [0.3, 0.4) is 0 Å². The maximum atomic E-state index is 11.3. The SMILES string of the molecule is CC(C)(C)OC(=O)NCc1ccoc1B(O)O. The van der Waals surface area contributed by atoms with Gasteiger partial charge in [-0.15, -0.1) is 0 Å². The minimum atomic E-state index is -1.69. The highest BCUT2D eigenvalue weighted by Gasteiger charge is 2.21. The molecule has 0 spiro atoms. The van der Waals surface area contributed by atoms with E-state index in [1.54, 1.807) is 26.8 Å². The summed E-state index contributed by atoms with van der Waals surface area (Å²) in [6.07, 6.45) is 0.748. The van der Waals surface area contributed by atoms with E-state index in [9.17, 15) is 4.79 Å². The molecule has 1 rings (SSSR count). The van der Waals surface area contributed by atoms with Crippen molar-refractivity contribution in [3.05, 3.63) is 17.9 Å². The topological polar surface area (TPSA) is 91.9 Å². The average molecular weight is 241 g/mol. The van der Waals surface area contributed by atoms with E-state index in [-0.39, 0.29) is 12.2 Å². The molecule has 0 aliphatic heterocycles. The highest BCUT2D eigenvalue weighted by Crippen LogP contribution is 2.07. The number of nitrogens with one attached hydrogen (secondary N) is 1. The second-order valence-corrected chi connectivity index (χ2v) is 4.54. The molecule has 0 radical (unpaired) electrons. The normalized spacial score (nSPS) is 11.1. The fourth-order valence-corrected chi connectivity index (χ4v) is 1.20. The predicted molar refractivity (Wildman–Crippen MR) is 61.6 cm³/mol. The maximum Gasteiger partial charge on any atom is 0.526 e. The van der Waals surface area contributed by atoms with Crippen LogP contribution >= 0.6 is 0 Å². The van der Waals surface area contributed by atoms with Crippen molar-refractivity contribution in [1.29, 1.82) is 0 Å². The zero-order valence-corrected chi connectivity index (χ0v) is 10.1. The van der Waals surface area contributed by atoms with Crippen LogP contribution in [0.5, 0.6) is 0 Å². The van der Waals surface area contributed by atoms with E-state index in [1.165, 1.54) is 6.26 Å². The van der Waals surface area contributed by atoms with Gasteiger partial charge in [0.05, 0.1) is 6.26 Å². The molecule has 0 aliphatic carbocycles. The van der Waals surface area contributed by atoms with Crippen molar-refractivity contribution in [2.45, 2.75) is 32.9 Å². The highest BCUT2D eigenvalue weighted by molar-refractivity contribution is 6.57. The molecule has 6 nitrogen and oxygen atoms in total. The molecule has 3 N–H and O–H groups in total. The number of alkyl carbamates (subject to hydrolysis) is 1. The Morgan fingerprint density at radius 3 is 2.71 bits per heavy atom. The molecule has 1 heterocycles. The third kappa shape index (κ3) is 4.50. The summed E-state index contributed by atoms with van der Waals surface area (Å²) >= 11 is 0. The summed E-state index contributed by atoms with van der Waals surface area (Å²) in [5, 5.41) is 20.4. The summed E-state index contributed by atoms with van der Waals surface area (Å²) in [5.41, 5.74) is -0.0632. The van der Waals surface area contributed by atoms with Crippen molar-refractivity contribution in [2.75, 3.05) is 0 Å². The van der Waals surface area contributed by atoms with Gasteiger partial charge in [-0.3, -0.25) is 0 Å².